The highest BCUT2D eigenvalue weighted by molar-refractivity contribution is 7.99. The van der Waals surface area contributed by atoms with Gasteiger partial charge >= 0.3 is 6.18 Å². The first-order valence-corrected chi connectivity index (χ1v) is 8.31. The predicted molar refractivity (Wildman–Crippen MR) is 80.9 cm³/mol. The molecule has 1 unspecified atom stereocenters. The quantitative estimate of drug-likeness (QED) is 0.865. The van der Waals surface area contributed by atoms with E-state index in [1.165, 1.54) is 12.1 Å². The molecule has 1 aromatic heterocycles. The Hall–Kier alpha value is -1.43. The van der Waals surface area contributed by atoms with E-state index in [0.717, 1.165) is 41.2 Å². The molecule has 0 radical (unpaired) electrons. The smallest absolute Gasteiger partial charge is 0.348 e. The Balaban J connectivity index is 1.74. The van der Waals surface area contributed by atoms with Gasteiger partial charge in [0.05, 0.1) is 11.9 Å². The Morgan fingerprint density at radius 1 is 1.27 bits per heavy atom. The molecule has 22 heavy (non-hydrogen) atoms. The summed E-state index contributed by atoms with van der Waals surface area (Å²) in [6, 6.07) is 4.13. The van der Waals surface area contributed by atoms with Crippen LogP contribution in [0.1, 0.15) is 29.7 Å². The van der Waals surface area contributed by atoms with Crippen LogP contribution in [0.3, 0.4) is 0 Å². The number of nitrogens with one attached hydrogen (secondary N) is 1. The van der Waals surface area contributed by atoms with Crippen molar-refractivity contribution in [3.8, 4) is 0 Å². The fraction of sp³-hybridized carbons (Fsp3) is 0.438. The molecule has 1 aromatic carbocycles. The number of aryl methyl sites for hydroxylation is 1. The van der Waals surface area contributed by atoms with E-state index in [1.54, 1.807) is 24.2 Å². The standard InChI is InChI=1S/C16H17F3N2S/c17-16(18,19)13-3-4-15-12(8-13)2-1-11(5-6-22-15)7-14-9-20-10-21-14/h3-4,8-11H,1-2,5-7H2,(H,20,21). The lowest BCUT2D eigenvalue weighted by atomic mass is 9.92. The van der Waals surface area contributed by atoms with Crippen LogP contribution in [0.5, 0.6) is 0 Å². The molecule has 118 valence electrons. The van der Waals surface area contributed by atoms with Crippen LogP contribution in [0.15, 0.2) is 35.6 Å². The number of imidazole rings is 1. The second-order valence-corrected chi connectivity index (χ2v) is 6.78. The Morgan fingerprint density at radius 3 is 2.86 bits per heavy atom. The van der Waals surface area contributed by atoms with Crippen LogP contribution in [0.25, 0.3) is 0 Å². The first kappa shape index (κ1) is 15.5. The van der Waals surface area contributed by atoms with E-state index >= 15 is 0 Å². The fourth-order valence-corrected chi connectivity index (χ4v) is 4.02. The van der Waals surface area contributed by atoms with E-state index in [4.69, 9.17) is 0 Å². The van der Waals surface area contributed by atoms with Crippen molar-refractivity contribution in [3.63, 3.8) is 0 Å². The maximum atomic E-state index is 12.9. The highest BCUT2D eigenvalue weighted by atomic mass is 32.2. The highest BCUT2D eigenvalue weighted by Gasteiger charge is 2.31. The van der Waals surface area contributed by atoms with Gasteiger partial charge in [-0.1, -0.05) is 0 Å². The van der Waals surface area contributed by atoms with Crippen molar-refractivity contribution in [2.45, 2.75) is 36.8 Å². The van der Waals surface area contributed by atoms with Gasteiger partial charge in [-0.15, -0.1) is 11.8 Å². The average Bonchev–Trinajstić information content (AvgIpc) is 2.94. The second-order valence-electron chi connectivity index (χ2n) is 5.64. The van der Waals surface area contributed by atoms with Crippen LogP contribution < -0.4 is 0 Å². The third-order valence-corrected chi connectivity index (χ3v) is 5.21. The number of hydrogen-bond acceptors (Lipinski definition) is 2. The summed E-state index contributed by atoms with van der Waals surface area (Å²) in [5, 5.41) is 0. The van der Waals surface area contributed by atoms with Gasteiger partial charge in [0, 0.05) is 16.8 Å². The van der Waals surface area contributed by atoms with Crippen molar-refractivity contribution in [2.75, 3.05) is 5.75 Å². The SMILES string of the molecule is FC(F)(F)c1ccc2c(c1)CCC(Cc1cnc[nH]1)CCS2. The lowest BCUT2D eigenvalue weighted by Crippen LogP contribution is -2.12. The topological polar surface area (TPSA) is 28.7 Å². The molecule has 0 spiro atoms. The summed E-state index contributed by atoms with van der Waals surface area (Å²) in [5.74, 6) is 1.42. The highest BCUT2D eigenvalue weighted by Crippen LogP contribution is 2.36. The molecular formula is C16H17F3N2S. The van der Waals surface area contributed by atoms with Gasteiger partial charge in [0.25, 0.3) is 0 Å². The van der Waals surface area contributed by atoms with Gasteiger partial charge in [0.2, 0.25) is 0 Å². The Kier molecular flexibility index (Phi) is 4.47. The third-order valence-electron chi connectivity index (χ3n) is 4.06. The van der Waals surface area contributed by atoms with E-state index in [2.05, 4.69) is 9.97 Å². The molecule has 1 atom stereocenters. The van der Waals surface area contributed by atoms with Gasteiger partial charge in [-0.05, 0) is 61.1 Å². The predicted octanol–water partition coefficient (Wildman–Crippen LogP) is 4.72. The van der Waals surface area contributed by atoms with Crippen LogP contribution in [0.4, 0.5) is 13.2 Å². The van der Waals surface area contributed by atoms with Gasteiger partial charge in [-0.3, -0.25) is 0 Å². The maximum Gasteiger partial charge on any atom is 0.416 e. The number of fused-ring (bicyclic) bond motifs is 1. The van der Waals surface area contributed by atoms with Crippen molar-refractivity contribution < 1.29 is 13.2 Å². The number of aromatic nitrogens is 2. The zero-order valence-corrected chi connectivity index (χ0v) is 12.8. The van der Waals surface area contributed by atoms with Crippen LogP contribution in [-0.4, -0.2) is 15.7 Å². The normalized spacial score (nSPS) is 19.3. The lowest BCUT2D eigenvalue weighted by molar-refractivity contribution is -0.137. The van der Waals surface area contributed by atoms with Crippen molar-refractivity contribution in [2.24, 2.45) is 5.92 Å². The fourth-order valence-electron chi connectivity index (χ4n) is 2.84. The molecule has 0 bridgehead atoms. The number of rotatable bonds is 2. The maximum absolute atomic E-state index is 12.9. The van der Waals surface area contributed by atoms with E-state index in [-0.39, 0.29) is 0 Å². The Morgan fingerprint density at radius 2 is 2.14 bits per heavy atom. The Bertz CT molecular complexity index is 623. The van der Waals surface area contributed by atoms with E-state index in [0.29, 0.717) is 12.3 Å². The van der Waals surface area contributed by atoms with Crippen molar-refractivity contribution in [3.05, 3.63) is 47.5 Å². The van der Waals surface area contributed by atoms with Gasteiger partial charge in [-0.2, -0.15) is 13.2 Å². The summed E-state index contributed by atoms with van der Waals surface area (Å²) in [4.78, 5) is 8.11. The van der Waals surface area contributed by atoms with Gasteiger partial charge < -0.3 is 4.98 Å². The van der Waals surface area contributed by atoms with E-state index in [9.17, 15) is 13.2 Å². The van der Waals surface area contributed by atoms with Crippen molar-refractivity contribution in [1.29, 1.82) is 0 Å². The number of halogens is 3. The summed E-state index contributed by atoms with van der Waals surface area (Å²) in [5.41, 5.74) is 1.38. The molecule has 1 N–H and O–H groups in total. The number of H-pyrrole nitrogens is 1. The van der Waals surface area contributed by atoms with Crippen molar-refractivity contribution in [1.82, 2.24) is 9.97 Å². The zero-order chi connectivity index (χ0) is 15.6. The van der Waals surface area contributed by atoms with Gasteiger partial charge in [-0.25, -0.2) is 4.98 Å². The molecule has 2 aromatic rings. The first-order chi connectivity index (χ1) is 10.5. The lowest BCUT2D eigenvalue weighted by Gasteiger charge is -2.21. The molecule has 3 rings (SSSR count). The average molecular weight is 326 g/mol. The molecule has 1 aliphatic rings. The summed E-state index contributed by atoms with van der Waals surface area (Å²) in [7, 11) is 0. The largest absolute Gasteiger partial charge is 0.416 e. The molecule has 2 nitrogen and oxygen atoms in total. The summed E-state index contributed by atoms with van der Waals surface area (Å²) >= 11 is 1.67. The molecular weight excluding hydrogens is 309 g/mol. The van der Waals surface area contributed by atoms with Crippen LogP contribution in [-0.2, 0) is 19.0 Å². The second kappa shape index (κ2) is 6.36. The minimum Gasteiger partial charge on any atom is -0.348 e. The first-order valence-electron chi connectivity index (χ1n) is 7.32. The molecule has 0 aliphatic carbocycles. The molecule has 0 amide bonds. The molecule has 6 heteroatoms. The minimum atomic E-state index is -4.27. The van der Waals surface area contributed by atoms with Crippen molar-refractivity contribution >= 4 is 11.8 Å². The van der Waals surface area contributed by atoms with E-state index < -0.39 is 11.7 Å². The Labute approximate surface area is 131 Å². The zero-order valence-electron chi connectivity index (χ0n) is 12.0. The number of thioether (sulfide) groups is 1. The molecule has 2 heterocycles. The van der Waals surface area contributed by atoms with Crippen LogP contribution in [0.2, 0.25) is 0 Å². The summed E-state index contributed by atoms with van der Waals surface area (Å²) in [6.45, 7) is 0. The van der Waals surface area contributed by atoms with Gasteiger partial charge in [0.15, 0.2) is 0 Å². The van der Waals surface area contributed by atoms with Gasteiger partial charge in [0.1, 0.15) is 0 Å². The summed E-state index contributed by atoms with van der Waals surface area (Å²) in [6.07, 6.45) is 2.81. The number of alkyl halides is 3. The summed E-state index contributed by atoms with van der Waals surface area (Å²) < 4.78 is 38.6. The van der Waals surface area contributed by atoms with Crippen LogP contribution in [0, 0.1) is 5.92 Å². The molecule has 0 fully saturated rings. The molecule has 0 saturated carbocycles. The van der Waals surface area contributed by atoms with Crippen LogP contribution >= 0.6 is 11.8 Å². The molecule has 0 saturated heterocycles. The number of hydrogen-bond donors (Lipinski definition) is 1. The third kappa shape index (κ3) is 3.66. The number of nitrogens with zero attached hydrogens (tertiary/aromatic N) is 1. The number of aromatic amines is 1. The monoisotopic (exact) mass is 326 g/mol. The minimum absolute atomic E-state index is 0.482. The molecule has 1 aliphatic heterocycles. The number of benzene rings is 1. The van der Waals surface area contributed by atoms with E-state index in [1.807, 2.05) is 6.20 Å².